The lowest BCUT2D eigenvalue weighted by Crippen LogP contribution is -2.10. The van der Waals surface area contributed by atoms with Gasteiger partial charge in [-0.1, -0.05) is 164 Å². The normalized spacial score (nSPS) is 11.6. The highest BCUT2D eigenvalue weighted by atomic mass is 15.1. The summed E-state index contributed by atoms with van der Waals surface area (Å²) in [5.74, 6) is 0. The number of rotatable bonds is 6. The lowest BCUT2D eigenvalue weighted by molar-refractivity contribution is 1.28. The quantitative estimate of drug-likeness (QED) is 0.172. The molecule has 2 heteroatoms. The van der Waals surface area contributed by atoms with Crippen LogP contribution in [0.3, 0.4) is 0 Å². The van der Waals surface area contributed by atoms with Gasteiger partial charge in [-0.15, -0.1) is 0 Å². The summed E-state index contributed by atoms with van der Waals surface area (Å²) in [6.07, 6.45) is 1.88. The molecule has 1 aliphatic rings. The van der Waals surface area contributed by atoms with Crippen molar-refractivity contribution in [2.24, 2.45) is 0 Å². The monoisotopic (exact) mass is 698 g/mol. The first-order valence-corrected chi connectivity index (χ1v) is 18.9. The van der Waals surface area contributed by atoms with E-state index in [4.69, 9.17) is 4.98 Å². The summed E-state index contributed by atoms with van der Waals surface area (Å²) in [7, 11) is 0. The van der Waals surface area contributed by atoms with E-state index in [0.29, 0.717) is 0 Å². The molecule has 0 amide bonds. The molecule has 1 aliphatic carbocycles. The highest BCUT2D eigenvalue weighted by molar-refractivity contribution is 6.28. The maximum Gasteiger partial charge on any atom is 0.0942 e. The third-order valence-corrected chi connectivity index (χ3v) is 11.2. The number of anilines is 3. The van der Waals surface area contributed by atoms with Gasteiger partial charge in [0.15, 0.2) is 0 Å². The third-order valence-electron chi connectivity index (χ3n) is 11.2. The summed E-state index contributed by atoms with van der Waals surface area (Å²) >= 11 is 0. The van der Waals surface area contributed by atoms with Gasteiger partial charge in [0.05, 0.1) is 11.2 Å². The summed E-state index contributed by atoms with van der Waals surface area (Å²) < 4.78 is 0. The van der Waals surface area contributed by atoms with Crippen LogP contribution in [0.1, 0.15) is 0 Å². The van der Waals surface area contributed by atoms with Gasteiger partial charge in [-0.05, 0) is 114 Å². The molecule has 1 aromatic heterocycles. The molecule has 0 aliphatic heterocycles. The summed E-state index contributed by atoms with van der Waals surface area (Å²) in [6.45, 7) is 0. The van der Waals surface area contributed by atoms with E-state index in [0.717, 1.165) is 28.0 Å². The van der Waals surface area contributed by atoms with Crippen LogP contribution >= 0.6 is 0 Å². The second kappa shape index (κ2) is 12.7. The number of aromatic nitrogens is 1. The average molecular weight is 699 g/mol. The zero-order chi connectivity index (χ0) is 36.3. The summed E-state index contributed by atoms with van der Waals surface area (Å²) in [6, 6.07) is 72.6. The largest absolute Gasteiger partial charge is 0.308 e. The molecule has 0 bridgehead atoms. The number of benzene rings is 9. The van der Waals surface area contributed by atoms with Crippen LogP contribution in [0.4, 0.5) is 17.1 Å². The molecule has 11 rings (SSSR count). The Kier molecular flexibility index (Phi) is 7.21. The molecule has 0 atom stereocenters. The van der Waals surface area contributed by atoms with Crippen molar-refractivity contribution in [1.82, 2.24) is 4.98 Å². The zero-order valence-electron chi connectivity index (χ0n) is 30.0. The second-order valence-electron chi connectivity index (χ2n) is 14.2. The third kappa shape index (κ3) is 4.92. The summed E-state index contributed by atoms with van der Waals surface area (Å²) in [4.78, 5) is 7.19. The molecule has 10 aromatic rings. The Labute approximate surface area is 320 Å². The van der Waals surface area contributed by atoms with Crippen LogP contribution in [0.15, 0.2) is 206 Å². The fourth-order valence-corrected chi connectivity index (χ4v) is 8.95. The van der Waals surface area contributed by atoms with Crippen LogP contribution in [0.25, 0.3) is 88.1 Å². The first-order chi connectivity index (χ1) is 27.3. The van der Waals surface area contributed by atoms with Gasteiger partial charge in [-0.3, -0.25) is 4.98 Å². The lowest BCUT2D eigenvalue weighted by atomic mass is 9.82. The smallest absolute Gasteiger partial charge is 0.0942 e. The standard InChI is InChI=1S/C53H34N2/c1-4-16-35(17-5-1)48-43-26-10-11-27-44(43)49(36-18-6-2-7-19-36)52-46-32-31-41(42-28-14-29-45(50(42)46)51(48)52)38-21-12-25-40(34-38)55(39-23-8-3-9-24-39)47-30-13-20-37-22-15-33-54-53(37)47/h1-34H. The number of hydrogen-bond acceptors (Lipinski definition) is 2. The number of pyridine rings is 1. The molecule has 0 saturated heterocycles. The predicted molar refractivity (Wildman–Crippen MR) is 232 cm³/mol. The molecular weight excluding hydrogens is 665 g/mol. The average Bonchev–Trinajstić information content (AvgIpc) is 3.59. The van der Waals surface area contributed by atoms with E-state index in [1.54, 1.807) is 0 Å². The van der Waals surface area contributed by atoms with E-state index >= 15 is 0 Å². The summed E-state index contributed by atoms with van der Waals surface area (Å²) in [5.41, 5.74) is 16.8. The van der Waals surface area contributed by atoms with Crippen molar-refractivity contribution in [3.8, 4) is 55.6 Å². The van der Waals surface area contributed by atoms with Crippen LogP contribution in [0, 0.1) is 0 Å². The number of hydrogen-bond donors (Lipinski definition) is 0. The van der Waals surface area contributed by atoms with Crippen molar-refractivity contribution in [1.29, 1.82) is 0 Å². The van der Waals surface area contributed by atoms with E-state index in [1.165, 1.54) is 77.2 Å². The Morgan fingerprint density at radius 3 is 1.58 bits per heavy atom. The minimum Gasteiger partial charge on any atom is -0.308 e. The lowest BCUT2D eigenvalue weighted by Gasteiger charge is -2.27. The van der Waals surface area contributed by atoms with Gasteiger partial charge in [0, 0.05) is 23.0 Å². The molecule has 0 radical (unpaired) electrons. The van der Waals surface area contributed by atoms with Gasteiger partial charge in [0.25, 0.3) is 0 Å². The van der Waals surface area contributed by atoms with Crippen LogP contribution in [0.2, 0.25) is 0 Å². The molecule has 0 N–H and O–H groups in total. The Balaban J connectivity index is 1.16. The van der Waals surface area contributed by atoms with Crippen molar-refractivity contribution in [3.63, 3.8) is 0 Å². The van der Waals surface area contributed by atoms with Crippen molar-refractivity contribution in [2.75, 3.05) is 4.90 Å². The molecule has 0 unspecified atom stereocenters. The van der Waals surface area contributed by atoms with E-state index in [2.05, 4.69) is 199 Å². The van der Waals surface area contributed by atoms with Gasteiger partial charge in [-0.2, -0.15) is 0 Å². The van der Waals surface area contributed by atoms with Crippen LogP contribution in [-0.4, -0.2) is 4.98 Å². The SMILES string of the molecule is c1ccc(-c2c3c(c(-c4ccccc4)c4ccccc24)-c2ccc(-c4cccc(N(c5ccccc5)c5cccc6cccnc56)c4)c4cccc-3c24)cc1. The number of nitrogens with zero attached hydrogens (tertiary/aromatic N) is 2. The number of fused-ring (bicyclic) bond motifs is 5. The Hall–Kier alpha value is -7.29. The second-order valence-corrected chi connectivity index (χ2v) is 14.2. The predicted octanol–water partition coefficient (Wildman–Crippen LogP) is 14.7. The van der Waals surface area contributed by atoms with Gasteiger partial charge >= 0.3 is 0 Å². The minimum absolute atomic E-state index is 0.971. The maximum atomic E-state index is 4.86. The van der Waals surface area contributed by atoms with Gasteiger partial charge in [0.1, 0.15) is 0 Å². The van der Waals surface area contributed by atoms with Crippen LogP contribution < -0.4 is 4.90 Å². The fourth-order valence-electron chi connectivity index (χ4n) is 8.95. The fraction of sp³-hybridized carbons (Fsp3) is 0. The van der Waals surface area contributed by atoms with E-state index in [1.807, 2.05) is 12.3 Å². The molecule has 2 nitrogen and oxygen atoms in total. The minimum atomic E-state index is 0.971. The Morgan fingerprint density at radius 1 is 0.345 bits per heavy atom. The molecule has 0 saturated carbocycles. The number of para-hydroxylation sites is 2. The van der Waals surface area contributed by atoms with E-state index in [-0.39, 0.29) is 0 Å². The van der Waals surface area contributed by atoms with Crippen molar-refractivity contribution in [3.05, 3.63) is 206 Å². The van der Waals surface area contributed by atoms with Gasteiger partial charge in [-0.25, -0.2) is 0 Å². The molecule has 9 aromatic carbocycles. The topological polar surface area (TPSA) is 16.1 Å². The first-order valence-electron chi connectivity index (χ1n) is 18.9. The highest BCUT2D eigenvalue weighted by Gasteiger charge is 2.31. The molecule has 0 fully saturated rings. The molecule has 256 valence electrons. The van der Waals surface area contributed by atoms with Gasteiger partial charge < -0.3 is 4.90 Å². The van der Waals surface area contributed by atoms with Crippen molar-refractivity contribution >= 4 is 49.5 Å². The molecule has 0 spiro atoms. The molecular formula is C53H34N2. The Bertz CT molecular complexity index is 2980. The maximum absolute atomic E-state index is 4.86. The van der Waals surface area contributed by atoms with Crippen molar-refractivity contribution < 1.29 is 0 Å². The van der Waals surface area contributed by atoms with Gasteiger partial charge in [0.2, 0.25) is 0 Å². The van der Waals surface area contributed by atoms with Crippen LogP contribution in [-0.2, 0) is 0 Å². The van der Waals surface area contributed by atoms with Crippen molar-refractivity contribution in [2.45, 2.75) is 0 Å². The van der Waals surface area contributed by atoms with Crippen LogP contribution in [0.5, 0.6) is 0 Å². The summed E-state index contributed by atoms with van der Waals surface area (Å²) in [5, 5.41) is 6.22. The molecule has 1 heterocycles. The molecule has 55 heavy (non-hydrogen) atoms. The Morgan fingerprint density at radius 2 is 0.873 bits per heavy atom. The van der Waals surface area contributed by atoms with E-state index < -0.39 is 0 Å². The first kappa shape index (κ1) is 31.3. The van der Waals surface area contributed by atoms with E-state index in [9.17, 15) is 0 Å². The highest BCUT2D eigenvalue weighted by Crippen LogP contribution is 2.58. The zero-order valence-corrected chi connectivity index (χ0v) is 30.0.